The number of anilines is 1. The van der Waals surface area contributed by atoms with Crippen molar-refractivity contribution in [1.82, 2.24) is 9.97 Å². The summed E-state index contributed by atoms with van der Waals surface area (Å²) in [5.74, 6) is -0.533. The van der Waals surface area contributed by atoms with Gasteiger partial charge in [-0.1, -0.05) is 0 Å². The van der Waals surface area contributed by atoms with E-state index >= 15 is 0 Å². The molecule has 0 saturated heterocycles. The number of carbonyl (C=O) groups excluding carboxylic acids is 1. The van der Waals surface area contributed by atoms with Crippen LogP contribution in [0.15, 0.2) is 18.5 Å². The Kier molecular flexibility index (Phi) is 1.45. The molecule has 1 heterocycles. The van der Waals surface area contributed by atoms with E-state index in [1.165, 1.54) is 6.33 Å². The fraction of sp³-hybridized carbons (Fsp3) is 0. The predicted octanol–water partition coefficient (Wildman–Crippen LogP) is 0.244. The summed E-state index contributed by atoms with van der Waals surface area (Å²) >= 11 is 0. The van der Waals surface area contributed by atoms with Gasteiger partial charge in [0.2, 0.25) is 0 Å². The lowest BCUT2D eigenvalue weighted by molar-refractivity contribution is 0.100. The molecule has 0 aliphatic heterocycles. The molecule has 2 rings (SSSR count). The molecular weight excluding hydrogens is 168 g/mol. The number of rotatable bonds is 1. The minimum Gasteiger partial charge on any atom is -0.398 e. The molecule has 0 aliphatic carbocycles. The number of amides is 1. The summed E-state index contributed by atoms with van der Waals surface area (Å²) in [6.07, 6.45) is 1.54. The molecule has 0 aliphatic rings. The van der Waals surface area contributed by atoms with Crippen LogP contribution < -0.4 is 11.5 Å². The number of hydrogen-bond donors (Lipinski definition) is 3. The minimum absolute atomic E-state index is 0.316. The number of carbonyl (C=O) groups is 1. The van der Waals surface area contributed by atoms with Gasteiger partial charge in [0.15, 0.2) is 0 Å². The van der Waals surface area contributed by atoms with E-state index in [4.69, 9.17) is 11.5 Å². The first-order valence-electron chi connectivity index (χ1n) is 3.71. The lowest BCUT2D eigenvalue weighted by Crippen LogP contribution is -2.13. The molecule has 0 saturated carbocycles. The second-order valence-electron chi connectivity index (χ2n) is 2.72. The monoisotopic (exact) mass is 176 g/mol. The molecule has 13 heavy (non-hydrogen) atoms. The first kappa shape index (κ1) is 7.60. The molecule has 5 heteroatoms. The van der Waals surface area contributed by atoms with E-state index in [0.29, 0.717) is 11.3 Å². The summed E-state index contributed by atoms with van der Waals surface area (Å²) in [7, 11) is 0. The van der Waals surface area contributed by atoms with Crippen molar-refractivity contribution in [2.75, 3.05) is 5.73 Å². The maximum atomic E-state index is 10.9. The Balaban J connectivity index is 2.76. The second kappa shape index (κ2) is 2.48. The van der Waals surface area contributed by atoms with Crippen LogP contribution in [-0.4, -0.2) is 15.9 Å². The minimum atomic E-state index is -0.533. The van der Waals surface area contributed by atoms with Gasteiger partial charge < -0.3 is 16.5 Å². The zero-order chi connectivity index (χ0) is 9.42. The van der Waals surface area contributed by atoms with Crippen molar-refractivity contribution >= 4 is 22.6 Å². The summed E-state index contributed by atoms with van der Waals surface area (Å²) < 4.78 is 0. The Morgan fingerprint density at radius 1 is 1.46 bits per heavy atom. The van der Waals surface area contributed by atoms with Crippen molar-refractivity contribution in [3.05, 3.63) is 24.0 Å². The molecule has 0 radical (unpaired) electrons. The molecule has 0 spiro atoms. The number of aromatic amines is 1. The SMILES string of the molecule is NC(=O)c1cc2[nH]cnc2cc1N. The molecule has 0 fully saturated rings. The van der Waals surface area contributed by atoms with Gasteiger partial charge in [0, 0.05) is 5.69 Å². The van der Waals surface area contributed by atoms with Gasteiger partial charge in [-0.25, -0.2) is 4.98 Å². The van der Waals surface area contributed by atoms with Crippen LogP contribution in [0.4, 0.5) is 5.69 Å². The first-order chi connectivity index (χ1) is 6.18. The number of nitrogens with one attached hydrogen (secondary N) is 1. The Morgan fingerprint density at radius 3 is 2.92 bits per heavy atom. The van der Waals surface area contributed by atoms with Gasteiger partial charge in [-0.2, -0.15) is 0 Å². The lowest BCUT2D eigenvalue weighted by Gasteiger charge is -2.00. The molecule has 0 atom stereocenters. The quantitative estimate of drug-likeness (QED) is 0.543. The molecule has 0 bridgehead atoms. The van der Waals surface area contributed by atoms with Crippen LogP contribution in [0.1, 0.15) is 10.4 Å². The van der Waals surface area contributed by atoms with Crippen LogP contribution in [0.25, 0.3) is 11.0 Å². The topological polar surface area (TPSA) is 97.8 Å². The Hall–Kier alpha value is -2.04. The molecule has 1 aromatic heterocycles. The fourth-order valence-corrected chi connectivity index (χ4v) is 1.21. The zero-order valence-corrected chi connectivity index (χ0v) is 6.74. The summed E-state index contributed by atoms with van der Waals surface area (Å²) in [5.41, 5.74) is 12.9. The predicted molar refractivity (Wildman–Crippen MR) is 49.0 cm³/mol. The maximum Gasteiger partial charge on any atom is 0.250 e. The summed E-state index contributed by atoms with van der Waals surface area (Å²) in [4.78, 5) is 17.8. The van der Waals surface area contributed by atoms with Crippen molar-refractivity contribution in [3.63, 3.8) is 0 Å². The first-order valence-corrected chi connectivity index (χ1v) is 3.71. The van der Waals surface area contributed by atoms with Gasteiger partial charge in [-0.15, -0.1) is 0 Å². The van der Waals surface area contributed by atoms with Gasteiger partial charge in [0.25, 0.3) is 5.91 Å². The van der Waals surface area contributed by atoms with Gasteiger partial charge in [0.05, 0.1) is 22.9 Å². The van der Waals surface area contributed by atoms with E-state index in [-0.39, 0.29) is 0 Å². The third-order valence-corrected chi connectivity index (χ3v) is 1.86. The number of nitrogens with zero attached hydrogens (tertiary/aromatic N) is 1. The van der Waals surface area contributed by atoms with Gasteiger partial charge in [-0.3, -0.25) is 4.79 Å². The van der Waals surface area contributed by atoms with Gasteiger partial charge in [0.1, 0.15) is 0 Å². The average molecular weight is 176 g/mol. The normalized spacial score (nSPS) is 10.5. The maximum absolute atomic E-state index is 10.9. The van der Waals surface area contributed by atoms with E-state index in [0.717, 1.165) is 11.0 Å². The highest BCUT2D eigenvalue weighted by molar-refractivity contribution is 6.01. The third-order valence-electron chi connectivity index (χ3n) is 1.86. The Bertz CT molecular complexity index is 474. The molecule has 5 nitrogen and oxygen atoms in total. The third kappa shape index (κ3) is 1.10. The van der Waals surface area contributed by atoms with E-state index in [2.05, 4.69) is 9.97 Å². The number of H-pyrrole nitrogens is 1. The van der Waals surface area contributed by atoms with Crippen LogP contribution in [-0.2, 0) is 0 Å². The van der Waals surface area contributed by atoms with E-state index in [1.54, 1.807) is 12.1 Å². The molecule has 0 unspecified atom stereocenters. The summed E-state index contributed by atoms with van der Waals surface area (Å²) in [5, 5.41) is 0. The zero-order valence-electron chi connectivity index (χ0n) is 6.74. The number of nitrogens with two attached hydrogens (primary N) is 2. The molecule has 5 N–H and O–H groups in total. The van der Waals surface area contributed by atoms with Crippen molar-refractivity contribution < 1.29 is 4.79 Å². The number of aromatic nitrogens is 2. The Morgan fingerprint density at radius 2 is 2.23 bits per heavy atom. The van der Waals surface area contributed by atoms with Gasteiger partial charge in [-0.05, 0) is 12.1 Å². The smallest absolute Gasteiger partial charge is 0.250 e. The molecule has 1 aromatic carbocycles. The number of fused-ring (bicyclic) bond motifs is 1. The van der Waals surface area contributed by atoms with Crippen molar-refractivity contribution in [3.8, 4) is 0 Å². The molecule has 66 valence electrons. The van der Waals surface area contributed by atoms with Crippen LogP contribution >= 0.6 is 0 Å². The number of hydrogen-bond acceptors (Lipinski definition) is 3. The van der Waals surface area contributed by atoms with Crippen LogP contribution in [0.5, 0.6) is 0 Å². The second-order valence-corrected chi connectivity index (χ2v) is 2.72. The fourth-order valence-electron chi connectivity index (χ4n) is 1.21. The standard InChI is InChI=1S/C8H8N4O/c9-5-2-7-6(11-3-12-7)1-4(5)8(10)13/h1-3H,9H2,(H2,10,13)(H,11,12). The lowest BCUT2D eigenvalue weighted by atomic mass is 10.1. The molecule has 1 amide bonds. The number of primary amides is 1. The van der Waals surface area contributed by atoms with Crippen molar-refractivity contribution in [2.45, 2.75) is 0 Å². The molecule has 2 aromatic rings. The highest BCUT2D eigenvalue weighted by Crippen LogP contribution is 2.18. The summed E-state index contributed by atoms with van der Waals surface area (Å²) in [6.45, 7) is 0. The number of benzene rings is 1. The highest BCUT2D eigenvalue weighted by Gasteiger charge is 2.07. The Labute approximate surface area is 73.7 Å². The van der Waals surface area contributed by atoms with Crippen molar-refractivity contribution in [1.29, 1.82) is 0 Å². The van der Waals surface area contributed by atoms with Crippen LogP contribution in [0, 0.1) is 0 Å². The van der Waals surface area contributed by atoms with Gasteiger partial charge >= 0.3 is 0 Å². The van der Waals surface area contributed by atoms with Crippen LogP contribution in [0.3, 0.4) is 0 Å². The van der Waals surface area contributed by atoms with E-state index < -0.39 is 5.91 Å². The van der Waals surface area contributed by atoms with E-state index in [1.807, 2.05) is 0 Å². The molecular formula is C8H8N4O. The summed E-state index contributed by atoms with van der Waals surface area (Å²) in [6, 6.07) is 3.21. The number of nitrogen functional groups attached to an aromatic ring is 1. The number of imidazole rings is 1. The average Bonchev–Trinajstić information content (AvgIpc) is 2.48. The van der Waals surface area contributed by atoms with Crippen LogP contribution in [0.2, 0.25) is 0 Å². The largest absolute Gasteiger partial charge is 0.398 e. The van der Waals surface area contributed by atoms with E-state index in [9.17, 15) is 4.79 Å². The highest BCUT2D eigenvalue weighted by atomic mass is 16.1. The van der Waals surface area contributed by atoms with Crippen molar-refractivity contribution in [2.24, 2.45) is 5.73 Å².